The summed E-state index contributed by atoms with van der Waals surface area (Å²) in [4.78, 5) is 29.4. The van der Waals surface area contributed by atoms with Gasteiger partial charge in [-0.05, 0) is 74.6 Å². The molecule has 2 amide bonds. The zero-order valence-electron chi connectivity index (χ0n) is 25.0. The first-order chi connectivity index (χ1) is 19.9. The second-order valence-electron chi connectivity index (χ2n) is 10.0. The number of hydrogen-bond acceptors (Lipinski definition) is 5. The van der Waals surface area contributed by atoms with Gasteiger partial charge in [-0.3, -0.25) is 9.59 Å². The van der Waals surface area contributed by atoms with Crippen molar-refractivity contribution < 1.29 is 23.8 Å². The summed E-state index contributed by atoms with van der Waals surface area (Å²) < 4.78 is 16.9. The molecule has 1 N–H and O–H groups in total. The molecule has 220 valence electrons. The second kappa shape index (κ2) is 16.3. The highest BCUT2D eigenvalue weighted by Crippen LogP contribution is 2.29. The normalized spacial score (nSPS) is 12.2. The average molecular weight is 561 g/mol. The molecule has 0 radical (unpaired) electrons. The van der Waals surface area contributed by atoms with E-state index in [1.807, 2.05) is 100 Å². The van der Waals surface area contributed by atoms with Crippen LogP contribution in [0.25, 0.3) is 0 Å². The van der Waals surface area contributed by atoms with E-state index in [1.165, 1.54) is 0 Å². The molecule has 0 bridgehead atoms. The SMILES string of the molecule is CCOc1ccc(CCC(=O)N(Cc2cccc(OC)c2)[C@@H](Cc2ccccc2)C(=O)N[C@H](C)CC)cc1OCC. The lowest BCUT2D eigenvalue weighted by Crippen LogP contribution is -2.52. The molecule has 2 atom stereocenters. The van der Waals surface area contributed by atoms with Gasteiger partial charge in [-0.1, -0.05) is 55.5 Å². The maximum atomic E-state index is 14.0. The molecule has 0 saturated heterocycles. The Morgan fingerprint density at radius 1 is 0.829 bits per heavy atom. The van der Waals surface area contributed by atoms with Gasteiger partial charge in [0.05, 0.1) is 20.3 Å². The summed E-state index contributed by atoms with van der Waals surface area (Å²) in [5.41, 5.74) is 2.86. The molecule has 0 saturated carbocycles. The molecule has 0 spiro atoms. The third-order valence-electron chi connectivity index (χ3n) is 6.99. The first-order valence-electron chi connectivity index (χ1n) is 14.5. The molecule has 3 rings (SSSR count). The molecule has 0 aliphatic carbocycles. The van der Waals surface area contributed by atoms with Crippen LogP contribution in [-0.4, -0.2) is 49.1 Å². The van der Waals surface area contributed by atoms with Crippen LogP contribution in [0.4, 0.5) is 0 Å². The molecular weight excluding hydrogens is 516 g/mol. The standard InChI is InChI=1S/C34H44N2O5/c1-6-25(4)35-34(38)30(22-26-13-10-9-11-14-26)36(24-28-15-12-16-29(21-28)39-5)33(37)20-18-27-17-19-31(40-7-2)32(23-27)41-8-3/h9-17,19,21,23,25,30H,6-8,18,20,22,24H2,1-5H3,(H,35,38)/t25-,30+/m1/s1. The minimum Gasteiger partial charge on any atom is -0.497 e. The van der Waals surface area contributed by atoms with Gasteiger partial charge >= 0.3 is 0 Å². The molecule has 0 heterocycles. The van der Waals surface area contributed by atoms with Gasteiger partial charge in [-0.15, -0.1) is 0 Å². The second-order valence-corrected chi connectivity index (χ2v) is 10.0. The number of aryl methyl sites for hydroxylation is 1. The number of rotatable bonds is 16. The smallest absolute Gasteiger partial charge is 0.243 e. The molecule has 0 fully saturated rings. The van der Waals surface area contributed by atoms with Gasteiger partial charge in [0.25, 0.3) is 0 Å². The van der Waals surface area contributed by atoms with Crippen molar-refractivity contribution in [2.75, 3.05) is 20.3 Å². The predicted octanol–water partition coefficient (Wildman–Crippen LogP) is 5.98. The molecule has 41 heavy (non-hydrogen) atoms. The van der Waals surface area contributed by atoms with Crippen LogP contribution in [0.5, 0.6) is 17.2 Å². The number of benzene rings is 3. The van der Waals surface area contributed by atoms with Gasteiger partial charge in [0.1, 0.15) is 11.8 Å². The Hall–Kier alpha value is -4.00. The summed E-state index contributed by atoms with van der Waals surface area (Å²) in [6.45, 7) is 9.22. The largest absolute Gasteiger partial charge is 0.497 e. The fourth-order valence-corrected chi connectivity index (χ4v) is 4.61. The summed E-state index contributed by atoms with van der Waals surface area (Å²) in [5, 5.41) is 3.12. The van der Waals surface area contributed by atoms with Crippen LogP contribution in [0.1, 0.15) is 57.2 Å². The Bertz CT molecular complexity index is 1250. The molecule has 3 aromatic rings. The quantitative estimate of drug-likeness (QED) is 0.233. The summed E-state index contributed by atoms with van der Waals surface area (Å²) >= 11 is 0. The lowest BCUT2D eigenvalue weighted by molar-refractivity contribution is -0.141. The maximum absolute atomic E-state index is 14.0. The first-order valence-corrected chi connectivity index (χ1v) is 14.5. The van der Waals surface area contributed by atoms with Crippen molar-refractivity contribution in [3.63, 3.8) is 0 Å². The van der Waals surface area contributed by atoms with Crippen LogP contribution in [0, 0.1) is 0 Å². The van der Waals surface area contributed by atoms with Crippen molar-refractivity contribution >= 4 is 11.8 Å². The lowest BCUT2D eigenvalue weighted by atomic mass is 10.0. The van der Waals surface area contributed by atoms with Gasteiger partial charge in [-0.2, -0.15) is 0 Å². The van der Waals surface area contributed by atoms with E-state index >= 15 is 0 Å². The minimum atomic E-state index is -0.676. The molecule has 7 nitrogen and oxygen atoms in total. The van der Waals surface area contributed by atoms with E-state index in [4.69, 9.17) is 14.2 Å². The minimum absolute atomic E-state index is 0.00427. The highest BCUT2D eigenvalue weighted by Gasteiger charge is 2.31. The molecule has 7 heteroatoms. The Morgan fingerprint density at radius 2 is 1.54 bits per heavy atom. The molecule has 0 aromatic heterocycles. The fourth-order valence-electron chi connectivity index (χ4n) is 4.61. The van der Waals surface area contributed by atoms with Gasteiger partial charge in [0, 0.05) is 25.4 Å². The van der Waals surface area contributed by atoms with Crippen molar-refractivity contribution in [3.8, 4) is 17.2 Å². The van der Waals surface area contributed by atoms with Crippen LogP contribution in [0.3, 0.4) is 0 Å². The van der Waals surface area contributed by atoms with E-state index in [0.29, 0.717) is 43.3 Å². The van der Waals surface area contributed by atoms with E-state index in [9.17, 15) is 9.59 Å². The average Bonchev–Trinajstić information content (AvgIpc) is 2.99. The summed E-state index contributed by atoms with van der Waals surface area (Å²) in [6.07, 6.45) is 1.96. The number of amides is 2. The van der Waals surface area contributed by atoms with Crippen molar-refractivity contribution in [2.45, 2.75) is 72.0 Å². The van der Waals surface area contributed by atoms with Gasteiger partial charge in [-0.25, -0.2) is 0 Å². The Morgan fingerprint density at radius 3 is 2.22 bits per heavy atom. The third-order valence-corrected chi connectivity index (χ3v) is 6.99. The van der Waals surface area contributed by atoms with E-state index in [1.54, 1.807) is 12.0 Å². The molecule has 0 unspecified atom stereocenters. The van der Waals surface area contributed by atoms with Crippen LogP contribution in [0.15, 0.2) is 72.8 Å². The Kier molecular flexibility index (Phi) is 12.5. The monoisotopic (exact) mass is 560 g/mol. The van der Waals surface area contributed by atoms with Gasteiger partial charge in [0.2, 0.25) is 11.8 Å². The number of ether oxygens (including phenoxy) is 3. The topological polar surface area (TPSA) is 77.1 Å². The number of carbonyl (C=O) groups excluding carboxylic acids is 2. The van der Waals surface area contributed by atoms with Crippen LogP contribution in [-0.2, 0) is 29.0 Å². The molecular formula is C34H44N2O5. The van der Waals surface area contributed by atoms with E-state index < -0.39 is 6.04 Å². The first kappa shape index (κ1) is 31.5. The summed E-state index contributed by atoms with van der Waals surface area (Å²) in [5.74, 6) is 1.81. The predicted molar refractivity (Wildman–Crippen MR) is 162 cm³/mol. The third kappa shape index (κ3) is 9.55. The highest BCUT2D eigenvalue weighted by atomic mass is 16.5. The van der Waals surface area contributed by atoms with E-state index in [-0.39, 0.29) is 30.8 Å². The molecule has 0 aliphatic heterocycles. The van der Waals surface area contributed by atoms with Crippen molar-refractivity contribution in [2.24, 2.45) is 0 Å². The van der Waals surface area contributed by atoms with Crippen molar-refractivity contribution in [1.29, 1.82) is 0 Å². The molecule has 3 aromatic carbocycles. The molecule has 0 aliphatic rings. The van der Waals surface area contributed by atoms with Gasteiger partial charge < -0.3 is 24.4 Å². The van der Waals surface area contributed by atoms with Crippen molar-refractivity contribution in [3.05, 3.63) is 89.5 Å². The van der Waals surface area contributed by atoms with E-state index in [0.717, 1.165) is 23.1 Å². The zero-order valence-corrected chi connectivity index (χ0v) is 25.0. The zero-order chi connectivity index (χ0) is 29.6. The number of nitrogens with zero attached hydrogens (tertiary/aromatic N) is 1. The summed E-state index contributed by atoms with van der Waals surface area (Å²) in [6, 6.07) is 22.6. The van der Waals surface area contributed by atoms with Crippen molar-refractivity contribution in [1.82, 2.24) is 10.2 Å². The maximum Gasteiger partial charge on any atom is 0.243 e. The van der Waals surface area contributed by atoms with Crippen LogP contribution in [0.2, 0.25) is 0 Å². The number of hydrogen-bond donors (Lipinski definition) is 1. The van der Waals surface area contributed by atoms with Crippen LogP contribution < -0.4 is 19.5 Å². The lowest BCUT2D eigenvalue weighted by Gasteiger charge is -2.32. The van der Waals surface area contributed by atoms with E-state index in [2.05, 4.69) is 5.32 Å². The van der Waals surface area contributed by atoms with Crippen LogP contribution >= 0.6 is 0 Å². The Balaban J connectivity index is 1.92. The summed E-state index contributed by atoms with van der Waals surface area (Å²) in [7, 11) is 1.62. The Labute approximate surface area is 244 Å². The fraction of sp³-hybridized carbons (Fsp3) is 0.412. The number of methoxy groups -OCH3 is 1. The number of carbonyl (C=O) groups is 2. The number of nitrogens with one attached hydrogen (secondary N) is 1. The highest BCUT2D eigenvalue weighted by molar-refractivity contribution is 5.88. The van der Waals surface area contributed by atoms with Gasteiger partial charge in [0.15, 0.2) is 11.5 Å².